The lowest BCUT2D eigenvalue weighted by molar-refractivity contribution is 0.233. The van der Waals surface area contributed by atoms with Crippen LogP contribution in [0, 0.1) is 3.57 Å². The minimum Gasteiger partial charge on any atom is -0.353 e. The van der Waals surface area contributed by atoms with Gasteiger partial charge in [-0.05, 0) is 36.6 Å². The Morgan fingerprint density at radius 1 is 1.47 bits per heavy atom. The summed E-state index contributed by atoms with van der Waals surface area (Å²) in [6.45, 7) is 5.44. The first-order chi connectivity index (χ1) is 7.18. The monoisotopic (exact) mass is 318 g/mol. The van der Waals surface area contributed by atoms with Crippen LogP contribution >= 0.6 is 22.6 Å². The molecule has 0 aliphatic carbocycles. The van der Waals surface area contributed by atoms with Crippen LogP contribution in [-0.4, -0.2) is 47.6 Å². The van der Waals surface area contributed by atoms with Gasteiger partial charge in [-0.2, -0.15) is 0 Å². The molecule has 1 atom stereocenters. The summed E-state index contributed by atoms with van der Waals surface area (Å²) in [5, 5.41) is 0. The summed E-state index contributed by atoms with van der Waals surface area (Å²) in [6, 6.07) is 0.588. The molecule has 1 aromatic heterocycles. The maximum absolute atomic E-state index is 4.35. The molecule has 0 amide bonds. The van der Waals surface area contributed by atoms with E-state index in [1.807, 2.05) is 6.20 Å². The first-order valence-electron chi connectivity index (χ1n) is 5.09. The van der Waals surface area contributed by atoms with Crippen molar-refractivity contribution in [1.29, 1.82) is 0 Å². The van der Waals surface area contributed by atoms with Gasteiger partial charge in [-0.15, -0.1) is 0 Å². The summed E-state index contributed by atoms with van der Waals surface area (Å²) in [6.07, 6.45) is 3.49. The zero-order valence-electron chi connectivity index (χ0n) is 9.02. The van der Waals surface area contributed by atoms with Crippen LogP contribution in [0.5, 0.6) is 0 Å². The molecule has 15 heavy (non-hydrogen) atoms. The van der Waals surface area contributed by atoms with E-state index in [2.05, 4.69) is 56.3 Å². The Kier molecular flexibility index (Phi) is 3.40. The van der Waals surface area contributed by atoms with Crippen LogP contribution < -0.4 is 4.90 Å². The molecule has 2 heterocycles. The van der Waals surface area contributed by atoms with Crippen molar-refractivity contribution in [3.8, 4) is 0 Å². The third-order valence-electron chi connectivity index (χ3n) is 2.91. The van der Waals surface area contributed by atoms with Crippen LogP contribution in [0.4, 0.5) is 5.82 Å². The Balaban J connectivity index is 2.15. The van der Waals surface area contributed by atoms with Crippen molar-refractivity contribution >= 4 is 28.4 Å². The molecule has 1 fully saturated rings. The first-order valence-corrected chi connectivity index (χ1v) is 6.17. The quantitative estimate of drug-likeness (QED) is 0.729. The summed E-state index contributed by atoms with van der Waals surface area (Å²) in [4.78, 5) is 13.1. The fourth-order valence-corrected chi connectivity index (χ4v) is 2.42. The SMILES string of the molecule is CC1CN(c2ncncc2I)CCN1C. The number of halogens is 1. The smallest absolute Gasteiger partial charge is 0.145 e. The molecule has 2 rings (SSSR count). The van der Waals surface area contributed by atoms with Crippen molar-refractivity contribution in [1.82, 2.24) is 14.9 Å². The summed E-state index contributed by atoms with van der Waals surface area (Å²) in [7, 11) is 2.17. The molecular weight excluding hydrogens is 303 g/mol. The molecular formula is C10H15IN4. The minimum absolute atomic E-state index is 0.588. The van der Waals surface area contributed by atoms with Gasteiger partial charge < -0.3 is 9.80 Å². The molecule has 82 valence electrons. The van der Waals surface area contributed by atoms with Gasteiger partial charge in [0.05, 0.1) is 3.57 Å². The third kappa shape index (κ3) is 2.39. The molecule has 0 bridgehead atoms. The summed E-state index contributed by atoms with van der Waals surface area (Å²) >= 11 is 2.29. The zero-order chi connectivity index (χ0) is 10.8. The Morgan fingerprint density at radius 3 is 2.93 bits per heavy atom. The van der Waals surface area contributed by atoms with E-state index >= 15 is 0 Å². The fraction of sp³-hybridized carbons (Fsp3) is 0.600. The van der Waals surface area contributed by atoms with Crippen molar-refractivity contribution in [2.45, 2.75) is 13.0 Å². The summed E-state index contributed by atoms with van der Waals surface area (Å²) in [5.74, 6) is 1.07. The highest BCUT2D eigenvalue weighted by Gasteiger charge is 2.22. The first kappa shape index (κ1) is 11.1. The van der Waals surface area contributed by atoms with Crippen molar-refractivity contribution in [2.75, 3.05) is 31.6 Å². The molecule has 0 saturated carbocycles. The van der Waals surface area contributed by atoms with Crippen LogP contribution in [0.1, 0.15) is 6.92 Å². The fourth-order valence-electron chi connectivity index (χ4n) is 1.78. The predicted molar refractivity (Wildman–Crippen MR) is 69.1 cm³/mol. The van der Waals surface area contributed by atoms with Gasteiger partial charge >= 0.3 is 0 Å². The summed E-state index contributed by atoms with van der Waals surface area (Å²) in [5.41, 5.74) is 0. The third-order valence-corrected chi connectivity index (χ3v) is 3.67. The standard InChI is InChI=1S/C10H15IN4/c1-8-6-15(4-3-14(8)2)10-9(11)5-12-7-13-10/h5,7-8H,3-4,6H2,1-2H3. The normalized spacial score (nSPS) is 23.1. The second-order valence-corrected chi connectivity index (χ2v) is 5.13. The molecule has 1 aliphatic heterocycles. The number of piperazine rings is 1. The highest BCUT2D eigenvalue weighted by molar-refractivity contribution is 14.1. The molecule has 0 radical (unpaired) electrons. The van der Waals surface area contributed by atoms with Crippen LogP contribution in [0.25, 0.3) is 0 Å². The van der Waals surface area contributed by atoms with Gasteiger partial charge in [-0.1, -0.05) is 0 Å². The van der Waals surface area contributed by atoms with E-state index in [9.17, 15) is 0 Å². The Labute approximate surface area is 104 Å². The topological polar surface area (TPSA) is 32.3 Å². The van der Waals surface area contributed by atoms with Gasteiger partial charge in [-0.25, -0.2) is 9.97 Å². The maximum atomic E-state index is 4.35. The van der Waals surface area contributed by atoms with Gasteiger partial charge in [0.15, 0.2) is 0 Å². The van der Waals surface area contributed by atoms with Crippen molar-refractivity contribution in [2.24, 2.45) is 0 Å². The van der Waals surface area contributed by atoms with E-state index in [-0.39, 0.29) is 0 Å². The van der Waals surface area contributed by atoms with Crippen LogP contribution in [0.2, 0.25) is 0 Å². The van der Waals surface area contributed by atoms with Crippen molar-refractivity contribution in [3.05, 3.63) is 16.1 Å². The molecule has 1 aromatic rings. The average Bonchev–Trinajstić information content (AvgIpc) is 2.23. The molecule has 0 aromatic carbocycles. The predicted octanol–water partition coefficient (Wildman–Crippen LogP) is 1.22. The highest BCUT2D eigenvalue weighted by atomic mass is 127. The summed E-state index contributed by atoms with van der Waals surface area (Å²) < 4.78 is 1.13. The molecule has 1 saturated heterocycles. The van der Waals surface area contributed by atoms with E-state index < -0.39 is 0 Å². The average molecular weight is 318 g/mol. The zero-order valence-corrected chi connectivity index (χ0v) is 11.2. The lowest BCUT2D eigenvalue weighted by Gasteiger charge is -2.38. The number of rotatable bonds is 1. The van der Waals surface area contributed by atoms with Gasteiger partial charge in [0.2, 0.25) is 0 Å². The largest absolute Gasteiger partial charge is 0.353 e. The Hall–Kier alpha value is -0.430. The number of aromatic nitrogens is 2. The molecule has 0 N–H and O–H groups in total. The lowest BCUT2D eigenvalue weighted by Crippen LogP contribution is -2.50. The van der Waals surface area contributed by atoms with Gasteiger partial charge in [0.1, 0.15) is 12.1 Å². The van der Waals surface area contributed by atoms with E-state index in [1.165, 1.54) is 0 Å². The molecule has 1 unspecified atom stereocenters. The molecule has 4 nitrogen and oxygen atoms in total. The second kappa shape index (κ2) is 4.61. The van der Waals surface area contributed by atoms with E-state index in [1.54, 1.807) is 6.33 Å². The van der Waals surface area contributed by atoms with Gasteiger partial charge in [0, 0.05) is 31.9 Å². The second-order valence-electron chi connectivity index (χ2n) is 3.97. The van der Waals surface area contributed by atoms with Crippen molar-refractivity contribution in [3.63, 3.8) is 0 Å². The highest BCUT2D eigenvalue weighted by Crippen LogP contribution is 2.20. The van der Waals surface area contributed by atoms with Gasteiger partial charge in [-0.3, -0.25) is 0 Å². The van der Waals surface area contributed by atoms with E-state index in [0.29, 0.717) is 6.04 Å². The molecule has 0 spiro atoms. The Morgan fingerprint density at radius 2 is 2.27 bits per heavy atom. The van der Waals surface area contributed by atoms with Crippen molar-refractivity contribution < 1.29 is 0 Å². The number of likely N-dealkylation sites (N-methyl/N-ethyl adjacent to an activating group) is 1. The number of anilines is 1. The number of nitrogens with zero attached hydrogens (tertiary/aromatic N) is 4. The Bertz CT molecular complexity index is 344. The maximum Gasteiger partial charge on any atom is 0.145 e. The van der Waals surface area contributed by atoms with Gasteiger partial charge in [0.25, 0.3) is 0 Å². The number of hydrogen-bond donors (Lipinski definition) is 0. The molecule has 1 aliphatic rings. The lowest BCUT2D eigenvalue weighted by atomic mass is 10.2. The van der Waals surface area contributed by atoms with Crippen LogP contribution in [-0.2, 0) is 0 Å². The van der Waals surface area contributed by atoms with E-state index in [0.717, 1.165) is 29.0 Å². The molecule has 5 heteroatoms. The van der Waals surface area contributed by atoms with Crippen LogP contribution in [0.3, 0.4) is 0 Å². The van der Waals surface area contributed by atoms with Crippen LogP contribution in [0.15, 0.2) is 12.5 Å². The minimum atomic E-state index is 0.588. The number of hydrogen-bond acceptors (Lipinski definition) is 4. The van der Waals surface area contributed by atoms with E-state index in [4.69, 9.17) is 0 Å².